The van der Waals surface area contributed by atoms with Crippen molar-refractivity contribution < 1.29 is 23.8 Å². The molecule has 0 aliphatic rings. The molecule has 2 rings (SSSR count). The zero-order valence-electron chi connectivity index (χ0n) is 16.6. The molecule has 0 saturated heterocycles. The van der Waals surface area contributed by atoms with Crippen LogP contribution in [0.25, 0.3) is 0 Å². The molecule has 2 aromatic carbocycles. The van der Waals surface area contributed by atoms with Crippen LogP contribution in [-0.4, -0.2) is 32.7 Å². The highest BCUT2D eigenvalue weighted by Crippen LogP contribution is 2.31. The van der Waals surface area contributed by atoms with Crippen LogP contribution in [0.15, 0.2) is 36.4 Å². The Labute approximate surface area is 169 Å². The Balaban J connectivity index is 2.04. The molecule has 28 heavy (non-hydrogen) atoms. The number of carbonyl (C=O) groups excluding carboxylic acids is 2. The average molecular weight is 406 g/mol. The molecule has 0 aliphatic heterocycles. The molecule has 7 heteroatoms. The van der Waals surface area contributed by atoms with Crippen molar-refractivity contribution in [1.82, 2.24) is 0 Å². The van der Waals surface area contributed by atoms with Crippen LogP contribution in [0.5, 0.6) is 11.5 Å². The number of amides is 1. The van der Waals surface area contributed by atoms with Gasteiger partial charge in [0, 0.05) is 6.07 Å². The Morgan fingerprint density at radius 1 is 1.07 bits per heavy atom. The monoisotopic (exact) mass is 405 g/mol. The first-order valence-electron chi connectivity index (χ1n) is 8.64. The summed E-state index contributed by atoms with van der Waals surface area (Å²) in [5, 5.41) is 2.83. The van der Waals surface area contributed by atoms with Gasteiger partial charge in [-0.25, -0.2) is 4.79 Å². The minimum Gasteiger partial charge on any atom is -0.496 e. The highest BCUT2D eigenvalue weighted by Gasteiger charge is 2.18. The van der Waals surface area contributed by atoms with Gasteiger partial charge in [-0.15, -0.1) is 0 Å². The van der Waals surface area contributed by atoms with Gasteiger partial charge in [-0.05, 0) is 29.2 Å². The van der Waals surface area contributed by atoms with E-state index in [2.05, 4.69) is 30.8 Å². The van der Waals surface area contributed by atoms with Gasteiger partial charge in [-0.1, -0.05) is 44.5 Å². The van der Waals surface area contributed by atoms with E-state index in [0.717, 1.165) is 0 Å². The molecule has 0 saturated carbocycles. The summed E-state index contributed by atoms with van der Waals surface area (Å²) in [5.41, 5.74) is 1.70. The number of hydrogen-bond acceptors (Lipinski definition) is 5. The average Bonchev–Trinajstić information content (AvgIpc) is 2.66. The van der Waals surface area contributed by atoms with E-state index in [1.807, 2.05) is 24.3 Å². The van der Waals surface area contributed by atoms with Gasteiger partial charge >= 0.3 is 5.97 Å². The molecule has 0 bridgehead atoms. The van der Waals surface area contributed by atoms with Crippen LogP contribution < -0.4 is 14.8 Å². The molecule has 0 unspecified atom stereocenters. The van der Waals surface area contributed by atoms with Crippen LogP contribution in [0.3, 0.4) is 0 Å². The molecule has 0 heterocycles. The smallest absolute Gasteiger partial charge is 0.341 e. The summed E-state index contributed by atoms with van der Waals surface area (Å²) >= 11 is 6.16. The second-order valence-electron chi connectivity index (χ2n) is 7.14. The summed E-state index contributed by atoms with van der Waals surface area (Å²) in [6, 6.07) is 10.4. The number of nitrogens with one attached hydrogen (secondary N) is 1. The van der Waals surface area contributed by atoms with E-state index in [0.29, 0.717) is 11.4 Å². The number of carbonyl (C=O) groups is 2. The van der Waals surface area contributed by atoms with Crippen molar-refractivity contribution in [3.63, 3.8) is 0 Å². The maximum atomic E-state index is 12.2. The second kappa shape index (κ2) is 8.97. The Bertz CT molecular complexity index is 856. The molecule has 0 radical (unpaired) electrons. The Hall–Kier alpha value is -2.73. The van der Waals surface area contributed by atoms with Gasteiger partial charge < -0.3 is 19.5 Å². The quantitative estimate of drug-likeness (QED) is 0.718. The van der Waals surface area contributed by atoms with Crippen molar-refractivity contribution in [3.8, 4) is 11.5 Å². The summed E-state index contributed by atoms with van der Waals surface area (Å²) in [7, 11) is 2.67. The Kier molecular flexibility index (Phi) is 6.91. The zero-order chi connectivity index (χ0) is 20.9. The fraction of sp³-hybridized carbons (Fsp3) is 0.333. The fourth-order valence-corrected chi connectivity index (χ4v) is 2.68. The summed E-state index contributed by atoms with van der Waals surface area (Å²) in [5.74, 6) is -0.147. The van der Waals surface area contributed by atoms with Crippen LogP contribution in [-0.2, 0) is 14.9 Å². The number of ether oxygens (including phenoxy) is 3. The molecule has 0 aliphatic carbocycles. The van der Waals surface area contributed by atoms with E-state index >= 15 is 0 Å². The third-order valence-electron chi connectivity index (χ3n) is 4.06. The van der Waals surface area contributed by atoms with Crippen LogP contribution in [0.1, 0.15) is 36.7 Å². The number of halogens is 1. The Morgan fingerprint density at radius 2 is 1.71 bits per heavy atom. The fourth-order valence-electron chi connectivity index (χ4n) is 2.47. The Morgan fingerprint density at radius 3 is 2.25 bits per heavy atom. The first-order valence-corrected chi connectivity index (χ1v) is 9.02. The summed E-state index contributed by atoms with van der Waals surface area (Å²) in [6.07, 6.45) is 0. The number of rotatable bonds is 6. The van der Waals surface area contributed by atoms with Gasteiger partial charge in [0.1, 0.15) is 17.1 Å². The largest absolute Gasteiger partial charge is 0.496 e. The molecule has 0 atom stereocenters. The molecule has 150 valence electrons. The molecule has 2 aromatic rings. The molecule has 0 aromatic heterocycles. The summed E-state index contributed by atoms with van der Waals surface area (Å²) in [4.78, 5) is 24.0. The zero-order valence-corrected chi connectivity index (χ0v) is 17.3. The predicted molar refractivity (Wildman–Crippen MR) is 109 cm³/mol. The lowest BCUT2D eigenvalue weighted by Crippen LogP contribution is -2.20. The lowest BCUT2D eigenvalue weighted by molar-refractivity contribution is -0.118. The van der Waals surface area contributed by atoms with Crippen LogP contribution >= 0.6 is 11.6 Å². The second-order valence-corrected chi connectivity index (χ2v) is 7.54. The molecule has 6 nitrogen and oxygen atoms in total. The van der Waals surface area contributed by atoms with Crippen molar-refractivity contribution in [1.29, 1.82) is 0 Å². The molecule has 1 amide bonds. The van der Waals surface area contributed by atoms with E-state index in [4.69, 9.17) is 21.1 Å². The third-order valence-corrected chi connectivity index (χ3v) is 4.37. The van der Waals surface area contributed by atoms with E-state index in [1.54, 1.807) is 0 Å². The number of anilines is 1. The maximum Gasteiger partial charge on any atom is 0.341 e. The summed E-state index contributed by atoms with van der Waals surface area (Å²) < 4.78 is 15.4. The van der Waals surface area contributed by atoms with E-state index in [9.17, 15) is 9.59 Å². The highest BCUT2D eigenvalue weighted by atomic mass is 35.5. The number of esters is 1. The third kappa shape index (κ3) is 5.39. The van der Waals surface area contributed by atoms with Gasteiger partial charge in [-0.3, -0.25) is 4.79 Å². The molecule has 0 fully saturated rings. The first-order chi connectivity index (χ1) is 13.2. The minimum atomic E-state index is -0.585. The highest BCUT2D eigenvalue weighted by molar-refractivity contribution is 6.34. The molecule has 0 spiro atoms. The van der Waals surface area contributed by atoms with Crippen LogP contribution in [0.4, 0.5) is 5.69 Å². The van der Waals surface area contributed by atoms with Crippen LogP contribution in [0.2, 0.25) is 5.02 Å². The number of benzene rings is 2. The topological polar surface area (TPSA) is 73.9 Å². The van der Waals surface area contributed by atoms with Crippen molar-refractivity contribution in [2.24, 2.45) is 0 Å². The van der Waals surface area contributed by atoms with Gasteiger partial charge in [0.05, 0.1) is 24.9 Å². The van der Waals surface area contributed by atoms with E-state index in [1.165, 1.54) is 31.9 Å². The van der Waals surface area contributed by atoms with E-state index in [-0.39, 0.29) is 28.4 Å². The molecular weight excluding hydrogens is 382 g/mol. The van der Waals surface area contributed by atoms with Gasteiger partial charge in [0.25, 0.3) is 5.91 Å². The van der Waals surface area contributed by atoms with Crippen molar-refractivity contribution in [3.05, 3.63) is 52.5 Å². The van der Waals surface area contributed by atoms with Gasteiger partial charge in [-0.2, -0.15) is 0 Å². The minimum absolute atomic E-state index is 0.0437. The van der Waals surface area contributed by atoms with Crippen LogP contribution in [0, 0.1) is 0 Å². The van der Waals surface area contributed by atoms with E-state index < -0.39 is 11.9 Å². The maximum absolute atomic E-state index is 12.2. The standard InChI is InChI=1S/C21H24ClNO5/c1-21(2,3)13-6-8-14(9-7-13)28-12-19(24)23-17-11-18(26-4)15(10-16(17)22)20(25)27-5/h6-11H,12H2,1-5H3,(H,23,24). The number of hydrogen-bond donors (Lipinski definition) is 1. The van der Waals surface area contributed by atoms with Crippen molar-refractivity contribution >= 4 is 29.2 Å². The van der Waals surface area contributed by atoms with Gasteiger partial charge in [0.2, 0.25) is 0 Å². The normalized spacial score (nSPS) is 10.9. The lowest BCUT2D eigenvalue weighted by atomic mass is 9.87. The first kappa shape index (κ1) is 21.6. The van der Waals surface area contributed by atoms with Gasteiger partial charge in [0.15, 0.2) is 6.61 Å². The van der Waals surface area contributed by atoms with Crippen molar-refractivity contribution in [2.75, 3.05) is 26.1 Å². The molecular formula is C21H24ClNO5. The van der Waals surface area contributed by atoms with Crippen molar-refractivity contribution in [2.45, 2.75) is 26.2 Å². The predicted octanol–water partition coefficient (Wildman–Crippen LogP) is 4.45. The lowest BCUT2D eigenvalue weighted by Gasteiger charge is -2.19. The summed E-state index contributed by atoms with van der Waals surface area (Å²) in [6.45, 7) is 6.19. The molecule has 1 N–H and O–H groups in total. The number of methoxy groups -OCH3 is 2. The SMILES string of the molecule is COC(=O)c1cc(Cl)c(NC(=O)COc2ccc(C(C)(C)C)cc2)cc1OC.